The number of carbonyl (C=O) groups is 1. The number of benzene rings is 2. The minimum atomic E-state index is -4.04. The van der Waals surface area contributed by atoms with E-state index >= 15 is 0 Å². The van der Waals surface area contributed by atoms with Crippen molar-refractivity contribution in [1.29, 1.82) is 0 Å². The Hall–Kier alpha value is -2.12. The van der Waals surface area contributed by atoms with Gasteiger partial charge in [-0.05, 0) is 48.6 Å². The van der Waals surface area contributed by atoms with Crippen LogP contribution in [0.25, 0.3) is 10.8 Å². The Morgan fingerprint density at radius 1 is 0.744 bits per heavy atom. The molecular weight excluding hydrogens is 524 g/mol. The molecule has 210 valence electrons. The number of hydrazine groups is 1. The van der Waals surface area contributed by atoms with Gasteiger partial charge in [0.25, 0.3) is 15.9 Å². The van der Waals surface area contributed by atoms with Crippen LogP contribution in [-0.4, -0.2) is 56.6 Å². The Kier molecular flexibility index (Phi) is 6.46. The molecule has 1 amide bonds. The molecule has 0 unspecified atom stereocenters. The van der Waals surface area contributed by atoms with E-state index in [0.717, 1.165) is 75.0 Å². The number of sulfonamides is 1. The summed E-state index contributed by atoms with van der Waals surface area (Å²) in [7, 11) is -4.04. The number of nitrogens with one attached hydrogen (secondary N) is 2. The fourth-order valence-electron chi connectivity index (χ4n) is 6.75. The molecule has 5 fully saturated rings. The molecule has 7 rings (SSSR count). The van der Waals surface area contributed by atoms with Crippen LogP contribution in [0, 0.1) is 0 Å². The van der Waals surface area contributed by atoms with Crippen molar-refractivity contribution < 1.29 is 36.9 Å². The Morgan fingerprint density at radius 3 is 2.08 bits per heavy atom. The summed E-state index contributed by atoms with van der Waals surface area (Å²) in [5.74, 6) is -2.20. The number of carbonyl (C=O) groups excluding carboxylic acids is 1. The molecular formula is C28H34N2O8S. The zero-order valence-corrected chi connectivity index (χ0v) is 22.5. The van der Waals surface area contributed by atoms with E-state index in [1.807, 2.05) is 24.3 Å². The lowest BCUT2D eigenvalue weighted by Gasteiger charge is -2.36. The fraction of sp³-hybridized carbons (Fsp3) is 0.607. The van der Waals surface area contributed by atoms with E-state index in [-0.39, 0.29) is 4.90 Å². The maximum absolute atomic E-state index is 13.5. The summed E-state index contributed by atoms with van der Waals surface area (Å²) in [5, 5.41) is 1.70. The van der Waals surface area contributed by atoms with E-state index in [0.29, 0.717) is 0 Å². The van der Waals surface area contributed by atoms with Gasteiger partial charge in [-0.25, -0.2) is 8.42 Å². The van der Waals surface area contributed by atoms with Gasteiger partial charge in [-0.15, -0.1) is 4.83 Å². The third kappa shape index (κ3) is 4.67. The lowest BCUT2D eigenvalue weighted by atomic mass is 9.94. The van der Waals surface area contributed by atoms with Crippen molar-refractivity contribution in [2.75, 3.05) is 0 Å². The fourth-order valence-corrected chi connectivity index (χ4v) is 7.63. The Bertz CT molecular complexity index is 1350. The summed E-state index contributed by atoms with van der Waals surface area (Å²) >= 11 is 0. The first-order chi connectivity index (χ1) is 18.9. The largest absolute Gasteiger partial charge is 0.341 e. The first kappa shape index (κ1) is 25.8. The number of fused-ring (bicyclic) bond motifs is 4. The van der Waals surface area contributed by atoms with E-state index in [1.165, 1.54) is 6.07 Å². The topological polar surface area (TPSA) is 121 Å². The second-order valence-electron chi connectivity index (χ2n) is 11.3. The zero-order valence-electron chi connectivity index (χ0n) is 21.7. The molecule has 3 aliphatic heterocycles. The molecule has 2 aromatic rings. The van der Waals surface area contributed by atoms with E-state index in [2.05, 4.69) is 10.3 Å². The lowest BCUT2D eigenvalue weighted by Crippen LogP contribution is -2.61. The highest BCUT2D eigenvalue weighted by atomic mass is 32.2. The van der Waals surface area contributed by atoms with Gasteiger partial charge in [0.05, 0.1) is 4.90 Å². The summed E-state index contributed by atoms with van der Waals surface area (Å²) in [5.41, 5.74) is 2.36. The molecule has 0 bridgehead atoms. The summed E-state index contributed by atoms with van der Waals surface area (Å²) in [6, 6.07) is 12.3. The van der Waals surface area contributed by atoms with Crippen molar-refractivity contribution in [3.8, 4) is 0 Å². The monoisotopic (exact) mass is 558 g/mol. The van der Waals surface area contributed by atoms with Crippen molar-refractivity contribution in [2.45, 2.75) is 111 Å². The van der Waals surface area contributed by atoms with Crippen molar-refractivity contribution in [2.24, 2.45) is 0 Å². The molecule has 2 saturated carbocycles. The highest BCUT2D eigenvalue weighted by molar-refractivity contribution is 7.89. The van der Waals surface area contributed by atoms with Gasteiger partial charge in [-0.3, -0.25) is 10.2 Å². The molecule has 2 aliphatic carbocycles. The molecule has 0 aromatic heterocycles. The summed E-state index contributed by atoms with van der Waals surface area (Å²) in [6.07, 6.45) is 5.36. The third-order valence-corrected chi connectivity index (χ3v) is 9.95. The first-order valence-electron chi connectivity index (χ1n) is 14.0. The van der Waals surface area contributed by atoms with E-state index in [9.17, 15) is 13.2 Å². The quantitative estimate of drug-likeness (QED) is 0.548. The average Bonchev–Trinajstić information content (AvgIpc) is 3.49. The van der Waals surface area contributed by atoms with Crippen LogP contribution >= 0.6 is 0 Å². The van der Waals surface area contributed by atoms with E-state index < -0.39 is 58.2 Å². The molecule has 0 radical (unpaired) electrons. The van der Waals surface area contributed by atoms with Gasteiger partial charge in [0.15, 0.2) is 24.0 Å². The number of ether oxygens (including phenoxy) is 5. The van der Waals surface area contributed by atoms with E-state index in [1.54, 1.807) is 12.1 Å². The van der Waals surface area contributed by atoms with E-state index in [4.69, 9.17) is 23.7 Å². The summed E-state index contributed by atoms with van der Waals surface area (Å²) < 4.78 is 58.1. The van der Waals surface area contributed by atoms with Crippen molar-refractivity contribution >= 4 is 26.7 Å². The molecule has 3 saturated heterocycles. The van der Waals surface area contributed by atoms with Crippen LogP contribution in [0.2, 0.25) is 0 Å². The molecule has 5 atom stereocenters. The zero-order chi connectivity index (χ0) is 26.7. The predicted molar refractivity (Wildman–Crippen MR) is 138 cm³/mol. The predicted octanol–water partition coefficient (Wildman–Crippen LogP) is 3.39. The van der Waals surface area contributed by atoms with Crippen molar-refractivity contribution in [3.05, 3.63) is 42.5 Å². The Morgan fingerprint density at radius 2 is 1.36 bits per heavy atom. The second-order valence-corrected chi connectivity index (χ2v) is 13.0. The number of hydrogen-bond donors (Lipinski definition) is 2. The lowest BCUT2D eigenvalue weighted by molar-refractivity contribution is -0.247. The third-order valence-electron chi connectivity index (χ3n) is 8.71. The Labute approximate surface area is 227 Å². The van der Waals surface area contributed by atoms with Gasteiger partial charge in [-0.1, -0.05) is 43.2 Å². The summed E-state index contributed by atoms with van der Waals surface area (Å²) in [6.45, 7) is 0. The molecule has 2 N–H and O–H groups in total. The minimum absolute atomic E-state index is 0.0392. The van der Waals surface area contributed by atoms with Crippen LogP contribution < -0.4 is 10.3 Å². The number of hydrogen-bond acceptors (Lipinski definition) is 8. The van der Waals surface area contributed by atoms with Gasteiger partial charge >= 0.3 is 0 Å². The van der Waals surface area contributed by atoms with Crippen LogP contribution in [0.1, 0.15) is 64.2 Å². The summed E-state index contributed by atoms with van der Waals surface area (Å²) in [4.78, 5) is 15.7. The maximum atomic E-state index is 13.5. The molecule has 2 spiro atoms. The minimum Gasteiger partial charge on any atom is -0.341 e. The van der Waals surface area contributed by atoms with Crippen LogP contribution in [-0.2, 0) is 38.5 Å². The van der Waals surface area contributed by atoms with Crippen molar-refractivity contribution in [3.63, 3.8) is 0 Å². The van der Waals surface area contributed by atoms with Gasteiger partial charge < -0.3 is 23.7 Å². The highest BCUT2D eigenvalue weighted by Crippen LogP contribution is 2.50. The maximum Gasteiger partial charge on any atom is 0.267 e. The number of rotatable bonds is 4. The highest BCUT2D eigenvalue weighted by Gasteiger charge is 2.65. The van der Waals surface area contributed by atoms with Gasteiger partial charge in [0.2, 0.25) is 0 Å². The van der Waals surface area contributed by atoms with Crippen LogP contribution in [0.15, 0.2) is 47.4 Å². The van der Waals surface area contributed by atoms with Gasteiger partial charge in [0.1, 0.15) is 18.3 Å². The van der Waals surface area contributed by atoms with Crippen LogP contribution in [0.3, 0.4) is 0 Å². The van der Waals surface area contributed by atoms with Crippen LogP contribution in [0.4, 0.5) is 0 Å². The molecule has 10 nitrogen and oxygen atoms in total. The second kappa shape index (κ2) is 9.76. The van der Waals surface area contributed by atoms with Gasteiger partial charge in [-0.2, -0.15) is 0 Å². The molecule has 11 heteroatoms. The molecule has 2 aromatic carbocycles. The normalized spacial score (nSPS) is 33.2. The molecule has 5 aliphatic rings. The SMILES string of the molecule is O=C(NNS(=O)(=O)c1ccc2ccccc2c1)[C@@H]1O[C@@H]2OC3(CCCCC3)O[C@@H]2[C@@H]2OC3(CCCCC3)O[C@@H]21. The first-order valence-corrected chi connectivity index (χ1v) is 15.5. The molecule has 3 heterocycles. The number of amides is 1. The Balaban J connectivity index is 1.11. The van der Waals surface area contributed by atoms with Crippen molar-refractivity contribution in [1.82, 2.24) is 10.3 Å². The average molecular weight is 559 g/mol. The smallest absolute Gasteiger partial charge is 0.267 e. The van der Waals surface area contributed by atoms with Crippen LogP contribution in [0.5, 0.6) is 0 Å². The standard InChI is InChI=1S/C28H34N2O8S/c31-25(29-30-39(32,33)20-12-11-18-9-3-4-10-19(18)17-20)23-21-22(36-27(35-21)13-5-1-6-14-27)24-26(34-23)38-28(37-24)15-7-2-8-16-28/h3-4,9-12,17,21-24,26,30H,1-2,5-8,13-16H2,(H,29,31)/t21-,22+,23+,24+,26+/m0/s1. The van der Waals surface area contributed by atoms with Gasteiger partial charge in [0, 0.05) is 25.7 Å². The molecule has 39 heavy (non-hydrogen) atoms.